The monoisotopic (exact) mass is 606 g/mol. The summed E-state index contributed by atoms with van der Waals surface area (Å²) in [5.74, 6) is 0.710. The van der Waals surface area contributed by atoms with Gasteiger partial charge in [-0.1, -0.05) is 37.3 Å². The molecule has 3 aromatic carbocycles. The molecular formula is C34H42N2O6S. The Morgan fingerprint density at radius 2 is 1.84 bits per heavy atom. The van der Waals surface area contributed by atoms with Crippen LogP contribution in [0.1, 0.15) is 78.3 Å². The first-order valence-electron chi connectivity index (χ1n) is 14.9. The molecule has 1 aliphatic carbocycles. The van der Waals surface area contributed by atoms with Crippen molar-refractivity contribution in [1.29, 1.82) is 0 Å². The molecule has 0 radical (unpaired) electrons. The molecule has 3 aromatic rings. The van der Waals surface area contributed by atoms with Gasteiger partial charge in [0.05, 0.1) is 25.8 Å². The summed E-state index contributed by atoms with van der Waals surface area (Å²) in [6.45, 7) is 8.39. The van der Waals surface area contributed by atoms with Crippen LogP contribution in [0.15, 0.2) is 53.4 Å². The number of ether oxygens (including phenoxy) is 2. The first kappa shape index (κ1) is 30.9. The van der Waals surface area contributed by atoms with Gasteiger partial charge in [0.2, 0.25) is 10.0 Å². The summed E-state index contributed by atoms with van der Waals surface area (Å²) in [7, 11) is -0.436. The second-order valence-corrected chi connectivity index (χ2v) is 14.0. The van der Waals surface area contributed by atoms with Crippen molar-refractivity contribution in [2.45, 2.75) is 76.3 Å². The van der Waals surface area contributed by atoms with Crippen molar-refractivity contribution in [2.75, 3.05) is 26.0 Å². The first-order valence-corrected chi connectivity index (χ1v) is 16.3. The Balaban J connectivity index is 1.50. The molecule has 9 heteroatoms. The minimum Gasteiger partial charge on any atom is -0.495 e. The maximum Gasteiger partial charge on any atom is 0.304 e. The lowest BCUT2D eigenvalue weighted by Crippen LogP contribution is -2.35. The van der Waals surface area contributed by atoms with E-state index in [1.807, 2.05) is 70.3 Å². The molecule has 8 nitrogen and oxygen atoms in total. The summed E-state index contributed by atoms with van der Waals surface area (Å²) < 4.78 is 41.3. The Labute approximate surface area is 255 Å². The van der Waals surface area contributed by atoms with E-state index in [2.05, 4.69) is 12.2 Å². The number of rotatable bonds is 9. The standard InChI is InChI=1S/C34H42N2O6S/c1-20-7-9-24(29(17-33(37)38)26-13-22(3)34(35-5)31(16-26)41-6)14-27(20)19-36-18-23(4)42-30-15-25(28-11-8-21(28)2)10-12-32(30)43(36,39)40/h7,9-10,12-16,21,23,28-29,35H,8,11,17-19H2,1-6H3,(H,37,38)/t21?,23-,28-,29?/m1/s1. The van der Waals surface area contributed by atoms with Crippen molar-refractivity contribution in [3.63, 3.8) is 0 Å². The van der Waals surface area contributed by atoms with E-state index in [4.69, 9.17) is 9.47 Å². The average Bonchev–Trinajstić information content (AvgIpc) is 3.03. The van der Waals surface area contributed by atoms with Gasteiger partial charge in [0.25, 0.3) is 0 Å². The number of benzene rings is 3. The zero-order chi connectivity index (χ0) is 31.1. The normalized spacial score (nSPS) is 22.0. The molecule has 2 N–H and O–H groups in total. The van der Waals surface area contributed by atoms with Gasteiger partial charge in [0, 0.05) is 19.5 Å². The zero-order valence-electron chi connectivity index (χ0n) is 25.8. The highest BCUT2D eigenvalue weighted by Crippen LogP contribution is 2.45. The fraction of sp³-hybridized carbons (Fsp3) is 0.441. The molecule has 1 aliphatic heterocycles. The number of carbonyl (C=O) groups is 1. The summed E-state index contributed by atoms with van der Waals surface area (Å²) in [6, 6.07) is 15.2. The van der Waals surface area contributed by atoms with Crippen LogP contribution >= 0.6 is 0 Å². The molecule has 1 fully saturated rings. The van der Waals surface area contributed by atoms with Gasteiger partial charge < -0.3 is 19.9 Å². The predicted octanol–water partition coefficient (Wildman–Crippen LogP) is 6.45. The van der Waals surface area contributed by atoms with Gasteiger partial charge in [0.15, 0.2) is 0 Å². The lowest BCUT2D eigenvalue weighted by atomic mass is 9.71. The van der Waals surface area contributed by atoms with Gasteiger partial charge in [-0.3, -0.25) is 4.79 Å². The topological polar surface area (TPSA) is 105 Å². The fourth-order valence-corrected chi connectivity index (χ4v) is 8.08. The fourth-order valence-electron chi connectivity index (χ4n) is 6.49. The summed E-state index contributed by atoms with van der Waals surface area (Å²) in [5, 5.41) is 13.0. The van der Waals surface area contributed by atoms with Gasteiger partial charge in [0.1, 0.15) is 22.5 Å². The van der Waals surface area contributed by atoms with E-state index >= 15 is 0 Å². The Morgan fingerprint density at radius 1 is 1.07 bits per heavy atom. The Bertz CT molecular complexity index is 1640. The SMILES string of the molecule is CNc1c(C)cc(C(CC(=O)O)c2ccc(C)c(CN3C[C@@H](C)Oc4cc([C@@H]5CCC5C)ccc4S3(=O)=O)c2)cc1OC. The number of nitrogens with one attached hydrogen (secondary N) is 1. The summed E-state index contributed by atoms with van der Waals surface area (Å²) in [6.07, 6.45) is 1.84. The third kappa shape index (κ3) is 6.10. The maximum absolute atomic E-state index is 14.0. The lowest BCUT2D eigenvalue weighted by molar-refractivity contribution is -0.137. The minimum atomic E-state index is -3.85. The van der Waals surface area contributed by atoms with E-state index < -0.39 is 21.9 Å². The van der Waals surface area contributed by atoms with E-state index in [1.165, 1.54) is 10.7 Å². The average molecular weight is 607 g/mol. The summed E-state index contributed by atoms with van der Waals surface area (Å²) in [5.41, 5.74) is 6.30. The predicted molar refractivity (Wildman–Crippen MR) is 168 cm³/mol. The first-order chi connectivity index (χ1) is 20.4. The van der Waals surface area contributed by atoms with Gasteiger partial charge >= 0.3 is 5.97 Å². The summed E-state index contributed by atoms with van der Waals surface area (Å²) >= 11 is 0. The molecule has 43 heavy (non-hydrogen) atoms. The molecule has 230 valence electrons. The van der Waals surface area contributed by atoms with Crippen LogP contribution in [-0.2, 0) is 21.4 Å². The lowest BCUT2D eigenvalue weighted by Gasteiger charge is -2.34. The molecule has 0 bridgehead atoms. The molecule has 4 atom stereocenters. The molecule has 0 saturated heterocycles. The van der Waals surface area contributed by atoms with Crippen LogP contribution in [0.3, 0.4) is 0 Å². The number of aryl methyl sites for hydroxylation is 2. The highest BCUT2D eigenvalue weighted by Gasteiger charge is 2.36. The van der Waals surface area contributed by atoms with Crippen LogP contribution in [0, 0.1) is 19.8 Å². The van der Waals surface area contributed by atoms with Crippen molar-refractivity contribution in [3.8, 4) is 11.5 Å². The number of carboxylic acids is 1. The van der Waals surface area contributed by atoms with Crippen LogP contribution < -0.4 is 14.8 Å². The zero-order valence-corrected chi connectivity index (χ0v) is 26.6. The Hall–Kier alpha value is -3.56. The molecule has 0 spiro atoms. The number of methoxy groups -OCH3 is 1. The van der Waals surface area contributed by atoms with Crippen LogP contribution in [-0.4, -0.2) is 50.6 Å². The number of hydrogen-bond donors (Lipinski definition) is 2. The number of carboxylic acid groups (broad SMARTS) is 1. The Kier molecular flexibility index (Phi) is 8.77. The number of fused-ring (bicyclic) bond motifs is 1. The molecule has 0 amide bonds. The molecule has 5 rings (SSSR count). The number of hydrogen-bond acceptors (Lipinski definition) is 6. The third-order valence-corrected chi connectivity index (χ3v) is 11.0. The molecule has 1 saturated carbocycles. The third-order valence-electron chi connectivity index (χ3n) is 9.12. The van der Waals surface area contributed by atoms with E-state index in [0.717, 1.165) is 45.5 Å². The van der Waals surface area contributed by atoms with E-state index in [9.17, 15) is 18.3 Å². The molecule has 0 aromatic heterocycles. The number of aliphatic carboxylic acids is 1. The van der Waals surface area contributed by atoms with Crippen molar-refractivity contribution in [2.24, 2.45) is 5.92 Å². The largest absolute Gasteiger partial charge is 0.495 e. The number of nitrogens with zero attached hydrogens (tertiary/aromatic N) is 1. The van der Waals surface area contributed by atoms with Crippen LogP contribution in [0.4, 0.5) is 5.69 Å². The molecular weight excluding hydrogens is 564 g/mol. The van der Waals surface area contributed by atoms with Gasteiger partial charge in [-0.2, -0.15) is 4.31 Å². The maximum atomic E-state index is 14.0. The second-order valence-electron chi connectivity index (χ2n) is 12.1. The van der Waals surface area contributed by atoms with Crippen LogP contribution in [0.25, 0.3) is 0 Å². The Morgan fingerprint density at radius 3 is 2.47 bits per heavy atom. The smallest absolute Gasteiger partial charge is 0.304 e. The molecule has 2 aliphatic rings. The van der Waals surface area contributed by atoms with E-state index in [0.29, 0.717) is 23.3 Å². The highest BCUT2D eigenvalue weighted by molar-refractivity contribution is 7.89. The highest BCUT2D eigenvalue weighted by atomic mass is 32.2. The van der Waals surface area contributed by atoms with Gasteiger partial charge in [-0.05, 0) is 97.0 Å². The second kappa shape index (κ2) is 12.2. The van der Waals surface area contributed by atoms with Crippen molar-refractivity contribution in [1.82, 2.24) is 4.31 Å². The van der Waals surface area contributed by atoms with Crippen LogP contribution in [0.5, 0.6) is 11.5 Å². The van der Waals surface area contributed by atoms with Crippen molar-refractivity contribution < 1.29 is 27.8 Å². The number of anilines is 1. The van der Waals surface area contributed by atoms with Gasteiger partial charge in [-0.15, -0.1) is 0 Å². The van der Waals surface area contributed by atoms with Crippen LogP contribution in [0.2, 0.25) is 0 Å². The quantitative estimate of drug-likeness (QED) is 0.289. The molecule has 1 heterocycles. The molecule has 2 unspecified atom stereocenters. The van der Waals surface area contributed by atoms with E-state index in [-0.39, 0.29) is 30.5 Å². The van der Waals surface area contributed by atoms with E-state index in [1.54, 1.807) is 13.2 Å². The summed E-state index contributed by atoms with van der Waals surface area (Å²) in [4.78, 5) is 12.2. The number of sulfonamides is 1. The van der Waals surface area contributed by atoms with Crippen molar-refractivity contribution >= 4 is 21.7 Å². The van der Waals surface area contributed by atoms with Gasteiger partial charge in [-0.25, -0.2) is 8.42 Å². The minimum absolute atomic E-state index is 0.119. The van der Waals surface area contributed by atoms with Crippen molar-refractivity contribution in [3.05, 3.63) is 81.9 Å².